The first-order valence-corrected chi connectivity index (χ1v) is 6.68. The molecular formula is C15H21N3O. The van der Waals surface area contributed by atoms with Gasteiger partial charge < -0.3 is 9.88 Å². The highest BCUT2D eigenvalue weighted by atomic mass is 16.1. The molecule has 0 aliphatic heterocycles. The number of nitrogens with zero attached hydrogens (tertiary/aromatic N) is 2. The molecule has 1 heterocycles. The number of fused-ring (bicyclic) bond motifs is 1. The highest BCUT2D eigenvalue weighted by Crippen LogP contribution is 2.16. The number of carbonyl (C=O) groups excluding carboxylic acids is 1. The minimum absolute atomic E-state index is 0.0425. The van der Waals surface area contributed by atoms with Crippen LogP contribution >= 0.6 is 0 Å². The van der Waals surface area contributed by atoms with E-state index < -0.39 is 0 Å². The average molecular weight is 259 g/mol. The smallest absolute Gasteiger partial charge is 0.222 e. The maximum Gasteiger partial charge on any atom is 0.222 e. The number of rotatable bonds is 4. The molecule has 2 aromatic rings. The summed E-state index contributed by atoms with van der Waals surface area (Å²) in [5, 5.41) is 2.93. The van der Waals surface area contributed by atoms with Crippen LogP contribution in [0.5, 0.6) is 0 Å². The molecule has 1 N–H and O–H groups in total. The molecule has 0 aliphatic carbocycles. The monoisotopic (exact) mass is 259 g/mol. The van der Waals surface area contributed by atoms with Crippen molar-refractivity contribution in [1.82, 2.24) is 14.9 Å². The second-order valence-electron chi connectivity index (χ2n) is 5.24. The Morgan fingerprint density at radius 2 is 2.16 bits per heavy atom. The van der Waals surface area contributed by atoms with Crippen molar-refractivity contribution in [2.45, 2.75) is 27.2 Å². The molecule has 4 heteroatoms. The fraction of sp³-hybridized carbons (Fsp3) is 0.467. The van der Waals surface area contributed by atoms with Gasteiger partial charge in [0.2, 0.25) is 5.91 Å². The van der Waals surface area contributed by atoms with Gasteiger partial charge in [-0.3, -0.25) is 4.79 Å². The lowest BCUT2D eigenvalue weighted by molar-refractivity contribution is -0.123. The molecule has 0 fully saturated rings. The van der Waals surface area contributed by atoms with Gasteiger partial charge in [0.15, 0.2) is 0 Å². The number of amides is 1. The summed E-state index contributed by atoms with van der Waals surface area (Å²) in [7, 11) is 2.02. The number of hydrogen-bond acceptors (Lipinski definition) is 2. The quantitative estimate of drug-likeness (QED) is 0.915. The zero-order valence-corrected chi connectivity index (χ0v) is 12.0. The van der Waals surface area contributed by atoms with Gasteiger partial charge in [0, 0.05) is 19.5 Å². The molecule has 2 rings (SSSR count). The fourth-order valence-corrected chi connectivity index (χ4v) is 2.06. The predicted octanol–water partition coefficient (Wildman–Crippen LogP) is 2.20. The Labute approximate surface area is 113 Å². The first-order valence-electron chi connectivity index (χ1n) is 6.68. The van der Waals surface area contributed by atoms with Crippen molar-refractivity contribution in [3.8, 4) is 0 Å². The highest BCUT2D eigenvalue weighted by molar-refractivity contribution is 5.78. The molecule has 4 nitrogen and oxygen atoms in total. The lowest BCUT2D eigenvalue weighted by Gasteiger charge is -2.07. The van der Waals surface area contributed by atoms with Crippen LogP contribution in [0, 0.1) is 12.8 Å². The molecule has 0 unspecified atom stereocenters. The van der Waals surface area contributed by atoms with Gasteiger partial charge in [-0.1, -0.05) is 19.9 Å². The third-order valence-corrected chi connectivity index (χ3v) is 3.41. The number of imidazole rings is 1. The van der Waals surface area contributed by atoms with Crippen molar-refractivity contribution in [1.29, 1.82) is 0 Å². The Bertz CT molecular complexity index is 599. The van der Waals surface area contributed by atoms with E-state index >= 15 is 0 Å². The summed E-state index contributed by atoms with van der Waals surface area (Å²) in [5.41, 5.74) is 3.37. The second-order valence-corrected chi connectivity index (χ2v) is 5.24. The maximum atomic E-state index is 11.5. The van der Waals surface area contributed by atoms with Gasteiger partial charge in [0.25, 0.3) is 0 Å². The van der Waals surface area contributed by atoms with Crippen molar-refractivity contribution in [2.75, 3.05) is 6.54 Å². The third-order valence-electron chi connectivity index (χ3n) is 3.41. The van der Waals surface area contributed by atoms with Crippen LogP contribution < -0.4 is 5.32 Å². The van der Waals surface area contributed by atoms with Gasteiger partial charge in [-0.15, -0.1) is 0 Å². The van der Waals surface area contributed by atoms with Crippen LogP contribution in [0.15, 0.2) is 18.2 Å². The molecule has 1 aromatic carbocycles. The van der Waals surface area contributed by atoms with Gasteiger partial charge in [0.05, 0.1) is 11.0 Å². The van der Waals surface area contributed by atoms with Crippen LogP contribution in [0.4, 0.5) is 0 Å². The number of nitrogens with one attached hydrogen (secondary N) is 1. The minimum Gasteiger partial charge on any atom is -0.356 e. The standard InChI is InChI=1S/C15H21N3O/c1-10(2)15(19)16-8-7-12-5-6-14-13(9-12)17-11(3)18(14)4/h5-6,9-10H,7-8H2,1-4H3,(H,16,19). The Hall–Kier alpha value is -1.84. The summed E-state index contributed by atoms with van der Waals surface area (Å²) in [5.74, 6) is 1.16. The fourth-order valence-electron chi connectivity index (χ4n) is 2.06. The normalized spacial score (nSPS) is 11.2. The molecule has 0 saturated heterocycles. The van der Waals surface area contributed by atoms with E-state index in [1.807, 2.05) is 27.8 Å². The molecule has 1 aromatic heterocycles. The van der Waals surface area contributed by atoms with Crippen molar-refractivity contribution in [3.63, 3.8) is 0 Å². The van der Waals surface area contributed by atoms with E-state index in [4.69, 9.17) is 0 Å². The van der Waals surface area contributed by atoms with Crippen molar-refractivity contribution in [3.05, 3.63) is 29.6 Å². The predicted molar refractivity (Wildman–Crippen MR) is 77.0 cm³/mol. The second kappa shape index (κ2) is 5.43. The van der Waals surface area contributed by atoms with E-state index in [0.29, 0.717) is 6.54 Å². The van der Waals surface area contributed by atoms with Crippen LogP contribution in [0.25, 0.3) is 11.0 Å². The summed E-state index contributed by atoms with van der Waals surface area (Å²) in [6.07, 6.45) is 0.837. The van der Waals surface area contributed by atoms with Gasteiger partial charge in [-0.2, -0.15) is 0 Å². The van der Waals surface area contributed by atoms with E-state index in [-0.39, 0.29) is 11.8 Å². The van der Waals surface area contributed by atoms with E-state index in [1.54, 1.807) is 0 Å². The Balaban J connectivity index is 2.04. The molecule has 0 spiro atoms. The van der Waals surface area contributed by atoms with Crippen LogP contribution in [0.3, 0.4) is 0 Å². The van der Waals surface area contributed by atoms with Gasteiger partial charge >= 0.3 is 0 Å². The Morgan fingerprint density at radius 1 is 1.42 bits per heavy atom. The summed E-state index contributed by atoms with van der Waals surface area (Å²) in [6, 6.07) is 6.30. The van der Waals surface area contributed by atoms with Gasteiger partial charge in [-0.25, -0.2) is 4.98 Å². The van der Waals surface area contributed by atoms with Crippen LogP contribution in [-0.4, -0.2) is 22.0 Å². The lowest BCUT2D eigenvalue weighted by atomic mass is 10.1. The zero-order valence-electron chi connectivity index (χ0n) is 12.0. The summed E-state index contributed by atoms with van der Waals surface area (Å²) in [6.45, 7) is 6.48. The van der Waals surface area contributed by atoms with Crippen molar-refractivity contribution in [2.24, 2.45) is 13.0 Å². The number of benzene rings is 1. The van der Waals surface area contributed by atoms with Crippen molar-refractivity contribution >= 4 is 16.9 Å². The maximum absolute atomic E-state index is 11.5. The first kappa shape index (κ1) is 13.6. The topological polar surface area (TPSA) is 46.9 Å². The number of hydrogen-bond donors (Lipinski definition) is 1. The molecule has 0 radical (unpaired) electrons. The van der Waals surface area contributed by atoms with Gasteiger partial charge in [-0.05, 0) is 31.0 Å². The number of aromatic nitrogens is 2. The Kier molecular flexibility index (Phi) is 3.88. The third kappa shape index (κ3) is 2.95. The molecule has 1 amide bonds. The van der Waals surface area contributed by atoms with Crippen molar-refractivity contribution < 1.29 is 4.79 Å². The summed E-state index contributed by atoms with van der Waals surface area (Å²) in [4.78, 5) is 16.0. The molecule has 0 aliphatic rings. The lowest BCUT2D eigenvalue weighted by Crippen LogP contribution is -2.29. The van der Waals surface area contributed by atoms with Crippen LogP contribution in [-0.2, 0) is 18.3 Å². The first-order chi connectivity index (χ1) is 8.99. The van der Waals surface area contributed by atoms with E-state index in [0.717, 1.165) is 23.3 Å². The average Bonchev–Trinajstić information content (AvgIpc) is 2.64. The summed E-state index contributed by atoms with van der Waals surface area (Å²) >= 11 is 0. The van der Waals surface area contributed by atoms with E-state index in [2.05, 4.69) is 33.1 Å². The van der Waals surface area contributed by atoms with Gasteiger partial charge in [0.1, 0.15) is 5.82 Å². The van der Waals surface area contributed by atoms with E-state index in [9.17, 15) is 4.79 Å². The van der Waals surface area contributed by atoms with Crippen LogP contribution in [0.2, 0.25) is 0 Å². The SMILES string of the molecule is Cc1nc2cc(CCNC(=O)C(C)C)ccc2n1C. The molecule has 0 atom stereocenters. The zero-order chi connectivity index (χ0) is 14.0. The largest absolute Gasteiger partial charge is 0.356 e. The molecule has 102 valence electrons. The summed E-state index contributed by atoms with van der Waals surface area (Å²) < 4.78 is 2.08. The number of carbonyl (C=O) groups is 1. The molecule has 19 heavy (non-hydrogen) atoms. The molecule has 0 bridgehead atoms. The van der Waals surface area contributed by atoms with Crippen LogP contribution in [0.1, 0.15) is 25.2 Å². The Morgan fingerprint density at radius 3 is 2.84 bits per heavy atom. The molecular weight excluding hydrogens is 238 g/mol. The minimum atomic E-state index is 0.0425. The highest BCUT2D eigenvalue weighted by Gasteiger charge is 2.07. The molecule has 0 saturated carbocycles. The van der Waals surface area contributed by atoms with E-state index in [1.165, 1.54) is 5.56 Å². The number of aryl methyl sites for hydroxylation is 2.